The highest BCUT2D eigenvalue weighted by Gasteiger charge is 2.51. The zero-order valence-electron chi connectivity index (χ0n) is 25.7. The predicted octanol–water partition coefficient (Wildman–Crippen LogP) is 4.33. The van der Waals surface area contributed by atoms with Crippen LogP contribution in [0.25, 0.3) is 0 Å². The van der Waals surface area contributed by atoms with E-state index in [1.807, 2.05) is 57.2 Å². The van der Waals surface area contributed by atoms with Crippen molar-refractivity contribution in [2.75, 3.05) is 19.8 Å². The molecule has 1 N–H and O–H groups in total. The van der Waals surface area contributed by atoms with E-state index in [2.05, 4.69) is 60.3 Å². The molecule has 0 unspecified atom stereocenters. The minimum atomic E-state index is -2.88. The molecule has 1 aromatic heterocycles. The molecule has 0 aliphatic carbocycles. The van der Waals surface area contributed by atoms with Crippen LogP contribution in [0.1, 0.15) is 47.2 Å². The van der Waals surface area contributed by atoms with Crippen LogP contribution in [-0.2, 0) is 25.2 Å². The standard InChI is InChI=1S/C32H41ClN4O5Si/c1-31(2,3)42-30(39)37-20-27(29(38)36-19-26-28(33)35-18-17-34-26)40-21-23(37)22-41-43(32(4,5)6,24-13-9-7-10-14-24)25-15-11-8-12-16-25/h7-18,23,27H,19-22H2,1-6H3,(H,36,38)/t23-,27-/m1/s1. The molecule has 0 saturated carbocycles. The van der Waals surface area contributed by atoms with Gasteiger partial charge in [-0.3, -0.25) is 14.7 Å². The Morgan fingerprint density at radius 3 is 2.09 bits per heavy atom. The van der Waals surface area contributed by atoms with Gasteiger partial charge < -0.3 is 19.2 Å². The Kier molecular flexibility index (Phi) is 10.3. The highest BCUT2D eigenvalue weighted by Crippen LogP contribution is 2.37. The van der Waals surface area contributed by atoms with Gasteiger partial charge in [0.05, 0.1) is 38.0 Å². The third-order valence-electron chi connectivity index (χ3n) is 7.28. The predicted molar refractivity (Wildman–Crippen MR) is 169 cm³/mol. The molecule has 2 atom stereocenters. The molecule has 0 bridgehead atoms. The Morgan fingerprint density at radius 1 is 0.977 bits per heavy atom. The maximum Gasteiger partial charge on any atom is 0.410 e. The van der Waals surface area contributed by atoms with E-state index in [4.69, 9.17) is 25.5 Å². The molecular weight excluding hydrogens is 584 g/mol. The summed E-state index contributed by atoms with van der Waals surface area (Å²) in [5.74, 6) is -0.387. The fourth-order valence-electron chi connectivity index (χ4n) is 5.27. The van der Waals surface area contributed by atoms with Crippen molar-refractivity contribution >= 4 is 42.3 Å². The number of morpholine rings is 1. The molecule has 2 heterocycles. The number of carbonyl (C=O) groups excluding carboxylic acids is 2. The fourth-order valence-corrected chi connectivity index (χ4v) is 10.0. The molecular formula is C32H41ClN4O5Si. The summed E-state index contributed by atoms with van der Waals surface area (Å²) in [6.07, 6.45) is 1.55. The molecule has 1 aliphatic rings. The number of benzene rings is 2. The Labute approximate surface area is 260 Å². The van der Waals surface area contributed by atoms with Crippen LogP contribution < -0.4 is 15.7 Å². The van der Waals surface area contributed by atoms with Crippen molar-refractivity contribution in [2.24, 2.45) is 0 Å². The van der Waals surface area contributed by atoms with Gasteiger partial charge in [0.1, 0.15) is 5.60 Å². The summed E-state index contributed by atoms with van der Waals surface area (Å²) in [7, 11) is -2.88. The monoisotopic (exact) mass is 624 g/mol. The number of hydrogen-bond acceptors (Lipinski definition) is 7. The van der Waals surface area contributed by atoms with E-state index in [0.717, 1.165) is 10.4 Å². The van der Waals surface area contributed by atoms with Crippen molar-refractivity contribution in [1.29, 1.82) is 0 Å². The van der Waals surface area contributed by atoms with Crippen molar-refractivity contribution in [1.82, 2.24) is 20.2 Å². The van der Waals surface area contributed by atoms with Crippen LogP contribution in [0.2, 0.25) is 10.2 Å². The molecule has 230 valence electrons. The lowest BCUT2D eigenvalue weighted by molar-refractivity contribution is -0.142. The topological polar surface area (TPSA) is 103 Å². The van der Waals surface area contributed by atoms with E-state index in [1.54, 1.807) is 4.90 Å². The summed E-state index contributed by atoms with van der Waals surface area (Å²) in [6, 6.07) is 20.1. The SMILES string of the molecule is CC(C)(C)OC(=O)N1C[C@H](C(=O)NCc2nccnc2Cl)OC[C@@H]1CO[Si](c1ccccc1)(c1ccccc1)C(C)(C)C. The van der Waals surface area contributed by atoms with E-state index in [0.29, 0.717) is 5.69 Å². The first kappa shape index (κ1) is 32.6. The molecule has 0 radical (unpaired) electrons. The van der Waals surface area contributed by atoms with Gasteiger partial charge in [-0.25, -0.2) is 9.78 Å². The Balaban J connectivity index is 1.59. The molecule has 43 heavy (non-hydrogen) atoms. The molecule has 3 aromatic rings. The smallest absolute Gasteiger partial charge is 0.410 e. The maximum absolute atomic E-state index is 13.5. The highest BCUT2D eigenvalue weighted by atomic mass is 35.5. The van der Waals surface area contributed by atoms with E-state index in [-0.39, 0.29) is 42.4 Å². The van der Waals surface area contributed by atoms with Gasteiger partial charge in [-0.15, -0.1) is 0 Å². The van der Waals surface area contributed by atoms with Crippen molar-refractivity contribution in [3.05, 3.63) is 83.9 Å². The average Bonchev–Trinajstić information content (AvgIpc) is 2.96. The molecule has 0 spiro atoms. The molecule has 11 heteroatoms. The van der Waals surface area contributed by atoms with Gasteiger partial charge in [0.2, 0.25) is 0 Å². The second kappa shape index (κ2) is 13.5. The van der Waals surface area contributed by atoms with Crippen LogP contribution in [0.4, 0.5) is 4.79 Å². The van der Waals surface area contributed by atoms with Gasteiger partial charge in [-0.1, -0.05) is 93.0 Å². The lowest BCUT2D eigenvalue weighted by Gasteiger charge is -2.45. The third kappa shape index (κ3) is 7.80. The number of nitrogens with one attached hydrogen (secondary N) is 1. The first-order valence-corrected chi connectivity index (χ1v) is 16.7. The number of amides is 2. The zero-order valence-corrected chi connectivity index (χ0v) is 27.4. The quantitative estimate of drug-likeness (QED) is 0.372. The Bertz CT molecular complexity index is 1340. The minimum Gasteiger partial charge on any atom is -0.444 e. The normalized spacial score (nSPS) is 17.8. The van der Waals surface area contributed by atoms with Crippen LogP contribution in [-0.4, -0.2) is 72.7 Å². The number of nitrogens with zero attached hydrogens (tertiary/aromatic N) is 3. The molecule has 1 aliphatic heterocycles. The molecule has 4 rings (SSSR count). The molecule has 1 saturated heterocycles. The number of halogens is 1. The van der Waals surface area contributed by atoms with E-state index in [1.165, 1.54) is 12.4 Å². The van der Waals surface area contributed by atoms with Crippen LogP contribution in [0, 0.1) is 0 Å². The molecule has 2 amide bonds. The minimum absolute atomic E-state index is 0.00369. The second-order valence-corrected chi connectivity index (χ2v) is 17.3. The number of rotatable bonds is 8. The van der Waals surface area contributed by atoms with E-state index >= 15 is 0 Å². The second-order valence-electron chi connectivity index (χ2n) is 12.6. The first-order chi connectivity index (χ1) is 20.3. The fraction of sp³-hybridized carbons (Fsp3) is 0.438. The zero-order chi connectivity index (χ0) is 31.3. The van der Waals surface area contributed by atoms with Crippen molar-refractivity contribution in [2.45, 2.75) is 70.9 Å². The number of ether oxygens (including phenoxy) is 2. The van der Waals surface area contributed by atoms with Gasteiger partial charge >= 0.3 is 6.09 Å². The van der Waals surface area contributed by atoms with Crippen molar-refractivity contribution < 1.29 is 23.5 Å². The summed E-state index contributed by atoms with van der Waals surface area (Å²) < 4.78 is 18.9. The molecule has 2 aromatic carbocycles. The third-order valence-corrected chi connectivity index (χ3v) is 12.6. The molecule has 9 nitrogen and oxygen atoms in total. The summed E-state index contributed by atoms with van der Waals surface area (Å²) in [5, 5.41) is 5.03. The highest BCUT2D eigenvalue weighted by molar-refractivity contribution is 6.99. The average molecular weight is 625 g/mol. The van der Waals surface area contributed by atoms with Gasteiger partial charge in [-0.2, -0.15) is 0 Å². The van der Waals surface area contributed by atoms with Crippen LogP contribution in [0.15, 0.2) is 73.1 Å². The summed E-state index contributed by atoms with van der Waals surface area (Å²) >= 11 is 6.09. The van der Waals surface area contributed by atoms with Crippen LogP contribution in [0.5, 0.6) is 0 Å². The van der Waals surface area contributed by atoms with Gasteiger partial charge in [-0.05, 0) is 36.2 Å². The Hall–Kier alpha value is -3.31. The van der Waals surface area contributed by atoms with Gasteiger partial charge in [0, 0.05) is 12.4 Å². The van der Waals surface area contributed by atoms with Crippen molar-refractivity contribution in [3.8, 4) is 0 Å². The van der Waals surface area contributed by atoms with Gasteiger partial charge in [0.25, 0.3) is 14.2 Å². The lowest BCUT2D eigenvalue weighted by atomic mass is 10.1. The van der Waals surface area contributed by atoms with Crippen LogP contribution in [0.3, 0.4) is 0 Å². The van der Waals surface area contributed by atoms with Crippen molar-refractivity contribution in [3.63, 3.8) is 0 Å². The summed E-state index contributed by atoms with van der Waals surface area (Å²) in [5.41, 5.74) is -0.284. The number of aromatic nitrogens is 2. The number of hydrogen-bond donors (Lipinski definition) is 1. The first-order valence-electron chi connectivity index (χ1n) is 14.4. The van der Waals surface area contributed by atoms with E-state index < -0.39 is 32.2 Å². The van der Waals surface area contributed by atoms with E-state index in [9.17, 15) is 9.59 Å². The largest absolute Gasteiger partial charge is 0.444 e. The van der Waals surface area contributed by atoms with Gasteiger partial charge in [0.15, 0.2) is 11.3 Å². The summed E-state index contributed by atoms with van der Waals surface area (Å²) in [6.45, 7) is 12.4. The maximum atomic E-state index is 13.5. The molecule has 1 fully saturated rings. The van der Waals surface area contributed by atoms with Crippen LogP contribution >= 0.6 is 11.6 Å². The Morgan fingerprint density at radius 2 is 1.56 bits per heavy atom. The summed E-state index contributed by atoms with van der Waals surface area (Å²) in [4.78, 5) is 36.4. The number of carbonyl (C=O) groups is 2. The lowest BCUT2D eigenvalue weighted by Crippen LogP contribution is -2.68.